The van der Waals surface area contributed by atoms with Crippen LogP contribution in [0.4, 0.5) is 13.2 Å². The third-order valence-corrected chi connectivity index (χ3v) is 2.29. The molecule has 0 N–H and O–H groups in total. The quantitative estimate of drug-likeness (QED) is 0.742. The van der Waals surface area contributed by atoms with Crippen LogP contribution >= 0.6 is 0 Å². The van der Waals surface area contributed by atoms with Gasteiger partial charge in [-0.05, 0) is 5.41 Å². The number of ether oxygens (including phenoxy) is 1. The van der Waals surface area contributed by atoms with Crippen LogP contribution in [0.25, 0.3) is 6.08 Å². The maximum Gasteiger partial charge on any atom is 0.573 e. The molecule has 0 saturated heterocycles. The fraction of sp³-hybridized carbons (Fsp3) is 0.385. The normalized spacial score (nSPS) is 12.4. The number of halogens is 3. The molecule has 0 radical (unpaired) electrons. The van der Waals surface area contributed by atoms with E-state index in [1.54, 1.807) is 18.2 Å². The third-order valence-electron chi connectivity index (χ3n) is 2.29. The summed E-state index contributed by atoms with van der Waals surface area (Å²) in [5.74, 6) is -0.164. The Kier molecular flexibility index (Phi) is 3.55. The zero-order chi connectivity index (χ0) is 13.3. The van der Waals surface area contributed by atoms with E-state index in [4.69, 9.17) is 0 Å². The van der Waals surface area contributed by atoms with Crippen LogP contribution < -0.4 is 4.74 Å². The molecule has 1 rings (SSSR count). The van der Waals surface area contributed by atoms with Crippen molar-refractivity contribution in [3.05, 3.63) is 35.9 Å². The van der Waals surface area contributed by atoms with Crippen LogP contribution in [-0.4, -0.2) is 6.36 Å². The number of hydrogen-bond acceptors (Lipinski definition) is 1. The molecule has 0 atom stereocenters. The number of alkyl halides is 3. The molecule has 0 aromatic heterocycles. The van der Waals surface area contributed by atoms with E-state index in [0.717, 1.165) is 0 Å². The molecule has 0 amide bonds. The van der Waals surface area contributed by atoms with Gasteiger partial charge in [0.2, 0.25) is 0 Å². The Morgan fingerprint density at radius 1 is 1.18 bits per heavy atom. The second-order valence-corrected chi connectivity index (χ2v) is 4.73. The molecule has 0 aliphatic carbocycles. The van der Waals surface area contributed by atoms with Crippen LogP contribution in [0.15, 0.2) is 24.8 Å². The van der Waals surface area contributed by atoms with Crippen molar-refractivity contribution in [1.29, 1.82) is 0 Å². The minimum atomic E-state index is -4.70. The molecule has 4 heteroatoms. The number of hydrogen-bond donors (Lipinski definition) is 0. The second kappa shape index (κ2) is 4.43. The van der Waals surface area contributed by atoms with E-state index in [2.05, 4.69) is 11.3 Å². The SMILES string of the molecule is C=Cc1cccc(C(C)(C)C)c1OC(F)(F)F. The Hall–Kier alpha value is -1.45. The number of rotatable bonds is 2. The summed E-state index contributed by atoms with van der Waals surface area (Å²) in [5, 5.41) is 0. The van der Waals surface area contributed by atoms with Crippen LogP contribution in [-0.2, 0) is 5.41 Å². The van der Waals surface area contributed by atoms with Crippen molar-refractivity contribution in [3.8, 4) is 5.75 Å². The van der Waals surface area contributed by atoms with Crippen LogP contribution in [0, 0.1) is 0 Å². The zero-order valence-electron chi connectivity index (χ0n) is 10.1. The number of para-hydroxylation sites is 1. The van der Waals surface area contributed by atoms with Crippen molar-refractivity contribution in [2.45, 2.75) is 32.5 Å². The molecule has 0 aliphatic heterocycles. The van der Waals surface area contributed by atoms with Gasteiger partial charge in [0.05, 0.1) is 0 Å². The molecule has 0 heterocycles. The van der Waals surface area contributed by atoms with E-state index in [9.17, 15) is 13.2 Å². The average molecular weight is 244 g/mol. The monoisotopic (exact) mass is 244 g/mol. The lowest BCUT2D eigenvalue weighted by atomic mass is 9.85. The standard InChI is InChI=1S/C13H15F3O/c1-5-9-7-6-8-10(12(2,3)4)11(9)17-13(14,15)16/h5-8H,1H2,2-4H3. The Balaban J connectivity index is 3.36. The lowest BCUT2D eigenvalue weighted by molar-refractivity contribution is -0.275. The lowest BCUT2D eigenvalue weighted by Crippen LogP contribution is -2.22. The largest absolute Gasteiger partial charge is 0.573 e. The fourth-order valence-electron chi connectivity index (χ4n) is 1.54. The predicted molar refractivity (Wildman–Crippen MR) is 61.9 cm³/mol. The predicted octanol–water partition coefficient (Wildman–Crippen LogP) is 4.53. The first-order chi connectivity index (χ1) is 7.65. The van der Waals surface area contributed by atoms with Gasteiger partial charge in [-0.2, -0.15) is 0 Å². The molecular weight excluding hydrogens is 229 g/mol. The summed E-state index contributed by atoms with van der Waals surface area (Å²) in [6.45, 7) is 8.99. The van der Waals surface area contributed by atoms with Gasteiger partial charge in [-0.3, -0.25) is 0 Å². The highest BCUT2D eigenvalue weighted by molar-refractivity contribution is 5.60. The summed E-state index contributed by atoms with van der Waals surface area (Å²) in [7, 11) is 0. The molecular formula is C13H15F3O. The highest BCUT2D eigenvalue weighted by Crippen LogP contribution is 2.37. The van der Waals surface area contributed by atoms with Gasteiger partial charge in [-0.15, -0.1) is 13.2 Å². The van der Waals surface area contributed by atoms with Crippen LogP contribution in [0.5, 0.6) is 5.75 Å². The summed E-state index contributed by atoms with van der Waals surface area (Å²) in [6.07, 6.45) is -3.34. The molecule has 0 bridgehead atoms. The molecule has 0 aliphatic rings. The molecule has 1 aromatic rings. The summed E-state index contributed by atoms with van der Waals surface area (Å²) >= 11 is 0. The molecule has 17 heavy (non-hydrogen) atoms. The summed E-state index contributed by atoms with van der Waals surface area (Å²) in [5.41, 5.74) is 0.418. The van der Waals surface area contributed by atoms with Crippen molar-refractivity contribution in [1.82, 2.24) is 0 Å². The van der Waals surface area contributed by atoms with Gasteiger partial charge in [0.1, 0.15) is 5.75 Å². The topological polar surface area (TPSA) is 9.23 Å². The average Bonchev–Trinajstić information content (AvgIpc) is 2.13. The van der Waals surface area contributed by atoms with E-state index in [1.807, 2.05) is 20.8 Å². The first-order valence-electron chi connectivity index (χ1n) is 5.17. The van der Waals surface area contributed by atoms with Gasteiger partial charge in [-0.25, -0.2) is 0 Å². The van der Waals surface area contributed by atoms with Crippen LogP contribution in [0.1, 0.15) is 31.9 Å². The molecule has 0 unspecified atom stereocenters. The maximum atomic E-state index is 12.4. The van der Waals surface area contributed by atoms with Crippen LogP contribution in [0.3, 0.4) is 0 Å². The highest BCUT2D eigenvalue weighted by atomic mass is 19.4. The van der Waals surface area contributed by atoms with E-state index in [-0.39, 0.29) is 5.75 Å². The first kappa shape index (κ1) is 13.6. The van der Waals surface area contributed by atoms with E-state index in [1.165, 1.54) is 6.08 Å². The minimum absolute atomic E-state index is 0.164. The van der Waals surface area contributed by atoms with E-state index >= 15 is 0 Å². The van der Waals surface area contributed by atoms with Gasteiger partial charge < -0.3 is 4.74 Å². The molecule has 0 fully saturated rings. The van der Waals surface area contributed by atoms with Crippen molar-refractivity contribution in [2.75, 3.05) is 0 Å². The lowest BCUT2D eigenvalue weighted by Gasteiger charge is -2.24. The molecule has 0 spiro atoms. The van der Waals surface area contributed by atoms with Gasteiger partial charge in [0.15, 0.2) is 0 Å². The maximum absolute atomic E-state index is 12.4. The highest BCUT2D eigenvalue weighted by Gasteiger charge is 2.34. The number of benzene rings is 1. The minimum Gasteiger partial charge on any atom is -0.405 e. The fourth-order valence-corrected chi connectivity index (χ4v) is 1.54. The van der Waals surface area contributed by atoms with Crippen molar-refractivity contribution in [3.63, 3.8) is 0 Å². The van der Waals surface area contributed by atoms with Gasteiger partial charge in [-0.1, -0.05) is 51.6 Å². The molecule has 1 nitrogen and oxygen atoms in total. The summed E-state index contributed by atoms with van der Waals surface area (Å²) < 4.78 is 41.2. The van der Waals surface area contributed by atoms with Gasteiger partial charge in [0, 0.05) is 11.1 Å². The smallest absolute Gasteiger partial charge is 0.405 e. The van der Waals surface area contributed by atoms with Gasteiger partial charge in [0.25, 0.3) is 0 Å². The van der Waals surface area contributed by atoms with Crippen molar-refractivity contribution in [2.24, 2.45) is 0 Å². The molecule has 0 saturated carbocycles. The summed E-state index contributed by atoms with van der Waals surface area (Å²) in [4.78, 5) is 0. The van der Waals surface area contributed by atoms with Crippen molar-refractivity contribution >= 4 is 6.08 Å². The molecule has 94 valence electrons. The van der Waals surface area contributed by atoms with E-state index in [0.29, 0.717) is 11.1 Å². The Morgan fingerprint density at radius 2 is 1.76 bits per heavy atom. The second-order valence-electron chi connectivity index (χ2n) is 4.73. The van der Waals surface area contributed by atoms with Crippen molar-refractivity contribution < 1.29 is 17.9 Å². The third kappa shape index (κ3) is 3.51. The first-order valence-corrected chi connectivity index (χ1v) is 5.17. The Morgan fingerprint density at radius 3 is 2.18 bits per heavy atom. The van der Waals surface area contributed by atoms with Crippen LogP contribution in [0.2, 0.25) is 0 Å². The summed E-state index contributed by atoms with van der Waals surface area (Å²) in [6, 6.07) is 4.87. The zero-order valence-corrected chi connectivity index (χ0v) is 10.1. The Bertz CT molecular complexity index is 414. The molecule has 1 aromatic carbocycles. The van der Waals surface area contributed by atoms with E-state index < -0.39 is 11.8 Å². The van der Waals surface area contributed by atoms with Gasteiger partial charge >= 0.3 is 6.36 Å². The Labute approximate surface area is 98.9 Å².